The molecule has 0 bridgehead atoms. The van der Waals surface area contributed by atoms with Crippen molar-refractivity contribution in [3.05, 3.63) is 65.9 Å². The molecule has 0 radical (unpaired) electrons. The summed E-state index contributed by atoms with van der Waals surface area (Å²) in [7, 11) is -3.73. The van der Waals surface area contributed by atoms with E-state index < -0.39 is 10.0 Å². The quantitative estimate of drug-likeness (QED) is 0.585. The molecule has 0 saturated carbocycles. The van der Waals surface area contributed by atoms with E-state index in [0.29, 0.717) is 12.5 Å². The first-order chi connectivity index (χ1) is 14.9. The van der Waals surface area contributed by atoms with Crippen LogP contribution < -0.4 is 15.2 Å². The molecular weight excluding hydrogens is 410 g/mol. The first-order valence-corrected chi connectivity index (χ1v) is 12.3. The van der Waals surface area contributed by atoms with Crippen LogP contribution in [0.25, 0.3) is 10.9 Å². The van der Waals surface area contributed by atoms with Gasteiger partial charge in [0.1, 0.15) is 5.75 Å². The van der Waals surface area contributed by atoms with E-state index in [1.807, 2.05) is 43.3 Å². The van der Waals surface area contributed by atoms with Gasteiger partial charge in [-0.2, -0.15) is 0 Å². The van der Waals surface area contributed by atoms with Crippen molar-refractivity contribution in [3.63, 3.8) is 0 Å². The Morgan fingerprint density at radius 2 is 1.90 bits per heavy atom. The maximum Gasteiger partial charge on any atom is 0.238 e. The SMILES string of the molecule is Cc1ccc2c(OCCC(c3cccc(S(N)(=O)=O)c3)C3CCNCC3)cccc2n1. The number of benzene rings is 2. The molecular formula is C24H29N3O3S. The molecule has 1 aliphatic rings. The van der Waals surface area contributed by atoms with Gasteiger partial charge in [0.2, 0.25) is 10.0 Å². The van der Waals surface area contributed by atoms with E-state index >= 15 is 0 Å². The fourth-order valence-electron chi connectivity index (χ4n) is 4.49. The molecule has 7 heteroatoms. The minimum atomic E-state index is -3.73. The maximum absolute atomic E-state index is 11.9. The third kappa shape index (κ3) is 5.23. The van der Waals surface area contributed by atoms with Crippen molar-refractivity contribution in [2.45, 2.75) is 37.0 Å². The molecule has 2 aromatic carbocycles. The largest absolute Gasteiger partial charge is 0.493 e. The Kier molecular flexibility index (Phi) is 6.55. The lowest BCUT2D eigenvalue weighted by Gasteiger charge is -2.31. The molecule has 1 aliphatic heterocycles. The number of aryl methyl sites for hydroxylation is 1. The number of fused-ring (bicyclic) bond motifs is 1. The lowest BCUT2D eigenvalue weighted by molar-refractivity contribution is 0.249. The number of sulfonamides is 1. The number of nitrogens with zero attached hydrogens (tertiary/aromatic N) is 1. The van der Waals surface area contributed by atoms with E-state index in [-0.39, 0.29) is 10.8 Å². The minimum absolute atomic E-state index is 0.167. The molecule has 164 valence electrons. The van der Waals surface area contributed by atoms with Crippen molar-refractivity contribution >= 4 is 20.9 Å². The number of rotatable bonds is 7. The minimum Gasteiger partial charge on any atom is -0.493 e. The van der Waals surface area contributed by atoms with E-state index in [2.05, 4.69) is 10.3 Å². The van der Waals surface area contributed by atoms with Gasteiger partial charge in [-0.1, -0.05) is 18.2 Å². The van der Waals surface area contributed by atoms with Crippen LogP contribution in [-0.4, -0.2) is 33.1 Å². The molecule has 2 heterocycles. The highest BCUT2D eigenvalue weighted by Crippen LogP contribution is 2.35. The van der Waals surface area contributed by atoms with Crippen molar-refractivity contribution < 1.29 is 13.2 Å². The number of hydrogen-bond acceptors (Lipinski definition) is 5. The summed E-state index contributed by atoms with van der Waals surface area (Å²) in [5.74, 6) is 1.50. The molecule has 0 amide bonds. The second kappa shape index (κ2) is 9.34. The van der Waals surface area contributed by atoms with Crippen LogP contribution in [0.3, 0.4) is 0 Å². The van der Waals surface area contributed by atoms with Gasteiger partial charge in [-0.15, -0.1) is 0 Å². The van der Waals surface area contributed by atoms with Gasteiger partial charge in [0.25, 0.3) is 0 Å². The van der Waals surface area contributed by atoms with Gasteiger partial charge in [0, 0.05) is 11.1 Å². The highest BCUT2D eigenvalue weighted by Gasteiger charge is 2.26. The van der Waals surface area contributed by atoms with Crippen molar-refractivity contribution in [2.24, 2.45) is 11.1 Å². The summed E-state index contributed by atoms with van der Waals surface area (Å²) < 4.78 is 29.9. The Hall–Kier alpha value is -2.48. The molecule has 1 fully saturated rings. The number of aromatic nitrogens is 1. The maximum atomic E-state index is 11.9. The molecule has 3 aromatic rings. The molecule has 31 heavy (non-hydrogen) atoms. The number of hydrogen-bond donors (Lipinski definition) is 2. The normalized spacial score (nSPS) is 16.3. The van der Waals surface area contributed by atoms with E-state index in [9.17, 15) is 8.42 Å². The summed E-state index contributed by atoms with van der Waals surface area (Å²) in [6.45, 7) is 4.48. The third-order valence-electron chi connectivity index (χ3n) is 6.09. The van der Waals surface area contributed by atoms with Crippen molar-refractivity contribution in [2.75, 3.05) is 19.7 Å². The first kappa shape index (κ1) is 21.7. The summed E-state index contributed by atoms with van der Waals surface area (Å²) in [5, 5.41) is 9.79. The lowest BCUT2D eigenvalue weighted by atomic mass is 9.79. The molecule has 0 aliphatic carbocycles. The number of piperidine rings is 1. The lowest BCUT2D eigenvalue weighted by Crippen LogP contribution is -2.31. The zero-order valence-electron chi connectivity index (χ0n) is 17.8. The monoisotopic (exact) mass is 439 g/mol. The number of nitrogens with one attached hydrogen (secondary N) is 1. The Morgan fingerprint density at radius 3 is 2.68 bits per heavy atom. The summed E-state index contributed by atoms with van der Waals surface area (Å²) in [6.07, 6.45) is 2.91. The Bertz CT molecular complexity index is 1160. The van der Waals surface area contributed by atoms with Crippen molar-refractivity contribution in [1.29, 1.82) is 0 Å². The highest BCUT2D eigenvalue weighted by molar-refractivity contribution is 7.89. The first-order valence-electron chi connectivity index (χ1n) is 10.7. The third-order valence-corrected chi connectivity index (χ3v) is 7.00. The average molecular weight is 440 g/mol. The van der Waals surface area contributed by atoms with Gasteiger partial charge in [-0.05, 0) is 93.1 Å². The Balaban J connectivity index is 1.55. The second-order valence-electron chi connectivity index (χ2n) is 8.22. The van der Waals surface area contributed by atoms with Gasteiger partial charge in [0.05, 0.1) is 17.0 Å². The van der Waals surface area contributed by atoms with Crippen LogP contribution in [0.1, 0.15) is 36.4 Å². The van der Waals surface area contributed by atoms with E-state index in [0.717, 1.165) is 60.3 Å². The molecule has 4 rings (SSSR count). The smallest absolute Gasteiger partial charge is 0.238 e. The topological polar surface area (TPSA) is 94.3 Å². The second-order valence-corrected chi connectivity index (χ2v) is 9.79. The highest BCUT2D eigenvalue weighted by atomic mass is 32.2. The van der Waals surface area contributed by atoms with Crippen LogP contribution in [0.5, 0.6) is 5.75 Å². The predicted molar refractivity (Wildman–Crippen MR) is 123 cm³/mol. The average Bonchev–Trinajstić information content (AvgIpc) is 2.76. The van der Waals surface area contributed by atoms with Crippen LogP contribution in [0.15, 0.2) is 59.5 Å². The summed E-state index contributed by atoms with van der Waals surface area (Å²) in [4.78, 5) is 4.74. The van der Waals surface area contributed by atoms with Crippen LogP contribution in [0.4, 0.5) is 0 Å². The van der Waals surface area contributed by atoms with Crippen LogP contribution in [-0.2, 0) is 10.0 Å². The summed E-state index contributed by atoms with van der Waals surface area (Å²) in [6, 6.07) is 17.0. The van der Waals surface area contributed by atoms with E-state index in [1.54, 1.807) is 18.2 Å². The number of pyridine rings is 1. The van der Waals surface area contributed by atoms with E-state index in [4.69, 9.17) is 9.88 Å². The molecule has 0 spiro atoms. The molecule has 1 unspecified atom stereocenters. The van der Waals surface area contributed by atoms with Crippen molar-refractivity contribution in [1.82, 2.24) is 10.3 Å². The number of primary sulfonamides is 1. The zero-order chi connectivity index (χ0) is 21.8. The van der Waals surface area contributed by atoms with Gasteiger partial charge in [0.15, 0.2) is 0 Å². The predicted octanol–water partition coefficient (Wildman–Crippen LogP) is 3.74. The van der Waals surface area contributed by atoms with Crippen LogP contribution in [0.2, 0.25) is 0 Å². The standard InChI is InChI=1S/C24H29N3O3S/c1-17-8-9-22-23(27-17)6-3-7-24(22)30-15-12-21(18-10-13-26-14-11-18)19-4-2-5-20(16-19)31(25,28)29/h2-9,16,18,21,26H,10-15H2,1H3,(H2,25,28,29). The zero-order valence-corrected chi connectivity index (χ0v) is 18.6. The van der Waals surface area contributed by atoms with Gasteiger partial charge < -0.3 is 10.1 Å². The van der Waals surface area contributed by atoms with Crippen molar-refractivity contribution in [3.8, 4) is 5.75 Å². The number of nitrogens with two attached hydrogens (primary N) is 1. The molecule has 1 saturated heterocycles. The fourth-order valence-corrected chi connectivity index (χ4v) is 5.06. The molecule has 3 N–H and O–H groups in total. The van der Waals surface area contributed by atoms with Gasteiger partial charge in [-0.3, -0.25) is 4.98 Å². The molecule has 1 atom stereocenters. The Labute approximate surface area is 183 Å². The van der Waals surface area contributed by atoms with Gasteiger partial charge >= 0.3 is 0 Å². The molecule has 6 nitrogen and oxygen atoms in total. The summed E-state index contributed by atoms with van der Waals surface area (Å²) in [5.41, 5.74) is 2.91. The molecule has 1 aromatic heterocycles. The number of ether oxygens (including phenoxy) is 1. The van der Waals surface area contributed by atoms with Crippen LogP contribution in [0, 0.1) is 12.8 Å². The summed E-state index contributed by atoms with van der Waals surface area (Å²) >= 11 is 0. The van der Waals surface area contributed by atoms with E-state index in [1.165, 1.54) is 0 Å². The Morgan fingerprint density at radius 1 is 1.13 bits per heavy atom. The fraction of sp³-hybridized carbons (Fsp3) is 0.375. The van der Waals surface area contributed by atoms with Gasteiger partial charge in [-0.25, -0.2) is 13.6 Å². The van der Waals surface area contributed by atoms with Crippen LogP contribution >= 0.6 is 0 Å².